The molecular weight excluding hydrogens is 392 g/mol. The van der Waals surface area contributed by atoms with Crippen LogP contribution < -0.4 is 5.32 Å². The van der Waals surface area contributed by atoms with E-state index >= 15 is 0 Å². The number of carbonyl (C=O) groups excluding carboxylic acids is 2. The predicted molar refractivity (Wildman–Crippen MR) is 129 cm³/mol. The summed E-state index contributed by atoms with van der Waals surface area (Å²) in [6, 6.07) is -0.340. The van der Waals surface area contributed by atoms with Gasteiger partial charge in [-0.3, -0.25) is 9.59 Å². The van der Waals surface area contributed by atoms with Crippen LogP contribution in [0.1, 0.15) is 94.4 Å². The summed E-state index contributed by atoms with van der Waals surface area (Å²) in [6.45, 7) is 18.0. The Bertz CT molecular complexity index is 573. The Morgan fingerprint density at radius 2 is 1.45 bits per heavy atom. The molecule has 0 fully saturated rings. The molecule has 0 aliphatic carbocycles. The SMILES string of the molecule is CC(C)C.CCCC(CC)(CCC)C(=O)NCC(=O)N(C)[C@H](/C=C(\C)C(=O)O)C(C)C. The summed E-state index contributed by atoms with van der Waals surface area (Å²) < 4.78 is 0. The average Bonchev–Trinajstić information content (AvgIpc) is 2.67. The lowest BCUT2D eigenvalue weighted by molar-refractivity contribution is -0.137. The first-order valence-electron chi connectivity index (χ1n) is 11.7. The van der Waals surface area contributed by atoms with Gasteiger partial charge in [-0.15, -0.1) is 0 Å². The number of hydrogen-bond donors (Lipinski definition) is 2. The van der Waals surface area contributed by atoms with Gasteiger partial charge in [-0.25, -0.2) is 4.79 Å². The molecule has 0 aromatic carbocycles. The highest BCUT2D eigenvalue weighted by molar-refractivity contribution is 5.88. The molecule has 0 radical (unpaired) electrons. The molecular formula is C25H48N2O4. The van der Waals surface area contributed by atoms with Gasteiger partial charge in [-0.1, -0.05) is 74.3 Å². The monoisotopic (exact) mass is 440 g/mol. The van der Waals surface area contributed by atoms with Crippen LogP contribution in [0.4, 0.5) is 0 Å². The number of likely N-dealkylation sites (N-methyl/N-ethyl adjacent to an activating group) is 1. The zero-order valence-corrected chi connectivity index (χ0v) is 21.7. The van der Waals surface area contributed by atoms with Gasteiger partial charge in [-0.05, 0) is 38.0 Å². The molecule has 0 rings (SSSR count). The molecule has 0 aliphatic rings. The molecule has 0 aromatic heterocycles. The average molecular weight is 441 g/mol. The predicted octanol–water partition coefficient (Wildman–Crippen LogP) is 5.28. The fourth-order valence-electron chi connectivity index (χ4n) is 3.54. The van der Waals surface area contributed by atoms with Gasteiger partial charge in [-0.2, -0.15) is 0 Å². The second-order valence-corrected chi connectivity index (χ2v) is 9.44. The first kappa shape index (κ1) is 31.3. The Morgan fingerprint density at radius 3 is 1.77 bits per heavy atom. The summed E-state index contributed by atoms with van der Waals surface area (Å²) in [5.41, 5.74) is -0.215. The van der Waals surface area contributed by atoms with Gasteiger partial charge in [0.15, 0.2) is 0 Å². The Labute approximate surface area is 190 Å². The minimum absolute atomic E-state index is 0.0545. The molecule has 0 spiro atoms. The molecule has 0 aromatic rings. The maximum absolute atomic E-state index is 12.8. The molecule has 31 heavy (non-hydrogen) atoms. The number of carbonyl (C=O) groups is 3. The highest BCUT2D eigenvalue weighted by atomic mass is 16.4. The van der Waals surface area contributed by atoms with E-state index in [0.29, 0.717) is 0 Å². The highest BCUT2D eigenvalue weighted by Crippen LogP contribution is 2.33. The maximum Gasteiger partial charge on any atom is 0.331 e. The minimum Gasteiger partial charge on any atom is -0.478 e. The zero-order valence-electron chi connectivity index (χ0n) is 21.7. The molecule has 2 N–H and O–H groups in total. The van der Waals surface area contributed by atoms with Crippen molar-refractivity contribution < 1.29 is 19.5 Å². The molecule has 182 valence electrons. The van der Waals surface area contributed by atoms with Crippen LogP contribution in [-0.2, 0) is 14.4 Å². The van der Waals surface area contributed by atoms with E-state index in [4.69, 9.17) is 5.11 Å². The van der Waals surface area contributed by atoms with Crippen molar-refractivity contribution in [1.82, 2.24) is 10.2 Å². The number of amides is 2. The largest absolute Gasteiger partial charge is 0.478 e. The molecule has 6 nitrogen and oxygen atoms in total. The number of nitrogens with zero attached hydrogens (tertiary/aromatic N) is 1. The van der Waals surface area contributed by atoms with E-state index in [1.165, 1.54) is 11.8 Å². The summed E-state index contributed by atoms with van der Waals surface area (Å²) in [7, 11) is 1.65. The fourth-order valence-corrected chi connectivity index (χ4v) is 3.54. The summed E-state index contributed by atoms with van der Waals surface area (Å²) >= 11 is 0. The van der Waals surface area contributed by atoms with Crippen LogP contribution in [0.15, 0.2) is 11.6 Å². The van der Waals surface area contributed by atoms with Crippen molar-refractivity contribution in [3.05, 3.63) is 11.6 Å². The molecule has 0 bridgehead atoms. The fraction of sp³-hybridized carbons (Fsp3) is 0.800. The van der Waals surface area contributed by atoms with E-state index < -0.39 is 11.4 Å². The van der Waals surface area contributed by atoms with E-state index in [9.17, 15) is 14.4 Å². The van der Waals surface area contributed by atoms with Crippen molar-refractivity contribution in [3.8, 4) is 0 Å². The topological polar surface area (TPSA) is 86.7 Å². The number of nitrogens with one attached hydrogen (secondary N) is 1. The van der Waals surface area contributed by atoms with Crippen molar-refractivity contribution >= 4 is 17.8 Å². The molecule has 0 saturated heterocycles. The Morgan fingerprint density at radius 1 is 1.00 bits per heavy atom. The highest BCUT2D eigenvalue weighted by Gasteiger charge is 2.35. The zero-order chi connectivity index (χ0) is 24.8. The minimum atomic E-state index is -0.998. The van der Waals surface area contributed by atoms with Gasteiger partial charge in [0.05, 0.1) is 12.6 Å². The summed E-state index contributed by atoms with van der Waals surface area (Å²) in [4.78, 5) is 38.0. The maximum atomic E-state index is 12.8. The van der Waals surface area contributed by atoms with Gasteiger partial charge in [0.2, 0.25) is 11.8 Å². The van der Waals surface area contributed by atoms with Crippen molar-refractivity contribution in [1.29, 1.82) is 0 Å². The number of carboxylic acids is 1. The van der Waals surface area contributed by atoms with E-state index in [2.05, 4.69) is 39.9 Å². The van der Waals surface area contributed by atoms with Crippen LogP contribution in [0, 0.1) is 17.3 Å². The lowest BCUT2D eigenvalue weighted by atomic mass is 9.76. The van der Waals surface area contributed by atoms with Crippen molar-refractivity contribution in [3.63, 3.8) is 0 Å². The Hall–Kier alpha value is -1.85. The van der Waals surface area contributed by atoms with Crippen molar-refractivity contribution in [2.45, 2.75) is 100 Å². The van der Waals surface area contributed by atoms with Gasteiger partial charge in [0, 0.05) is 18.0 Å². The number of carboxylic acid groups (broad SMARTS) is 1. The first-order valence-corrected chi connectivity index (χ1v) is 11.7. The van der Waals surface area contributed by atoms with Crippen LogP contribution in [0.3, 0.4) is 0 Å². The van der Waals surface area contributed by atoms with Gasteiger partial charge >= 0.3 is 5.97 Å². The molecule has 2 amide bonds. The van der Waals surface area contributed by atoms with Crippen LogP contribution >= 0.6 is 0 Å². The summed E-state index contributed by atoms with van der Waals surface area (Å²) in [5, 5.41) is 11.9. The standard InChI is InChI=1S/C21H38N2O4.C4H10/c1-8-11-21(10-3,12-9-2)20(27)22-14-18(24)23(7)17(15(4)5)13-16(6)19(25)26;1-4(2)3/h13,15,17H,8-12,14H2,1-7H3,(H,22,27)(H,25,26);4H,1-3H3/b16-13+;/t17-;/m1./s1. The van der Waals surface area contributed by atoms with Crippen molar-refractivity contribution in [2.75, 3.05) is 13.6 Å². The Kier molecular flexibility index (Phi) is 16.1. The van der Waals surface area contributed by atoms with Gasteiger partial charge in [0.25, 0.3) is 0 Å². The second kappa shape index (κ2) is 15.9. The van der Waals surface area contributed by atoms with Crippen LogP contribution in [0.2, 0.25) is 0 Å². The number of rotatable bonds is 12. The third-order valence-corrected chi connectivity index (χ3v) is 5.30. The lowest BCUT2D eigenvalue weighted by Crippen LogP contribution is -2.48. The van der Waals surface area contributed by atoms with E-state index in [1.54, 1.807) is 13.1 Å². The van der Waals surface area contributed by atoms with E-state index in [-0.39, 0.29) is 35.9 Å². The number of hydrogen-bond acceptors (Lipinski definition) is 3. The first-order chi connectivity index (χ1) is 14.3. The van der Waals surface area contributed by atoms with Gasteiger partial charge in [0.1, 0.15) is 0 Å². The van der Waals surface area contributed by atoms with Crippen LogP contribution in [0.5, 0.6) is 0 Å². The summed E-state index contributed by atoms with van der Waals surface area (Å²) in [5.74, 6) is -0.399. The van der Waals surface area contributed by atoms with Gasteiger partial charge < -0.3 is 15.3 Å². The quantitative estimate of drug-likeness (QED) is 0.404. The lowest BCUT2D eigenvalue weighted by Gasteiger charge is -2.32. The van der Waals surface area contributed by atoms with Crippen LogP contribution in [-0.4, -0.2) is 47.4 Å². The molecule has 1 atom stereocenters. The van der Waals surface area contributed by atoms with Crippen LogP contribution in [0.25, 0.3) is 0 Å². The van der Waals surface area contributed by atoms with E-state index in [1.807, 2.05) is 20.8 Å². The smallest absolute Gasteiger partial charge is 0.331 e. The molecule has 6 heteroatoms. The molecule has 0 saturated carbocycles. The Balaban J connectivity index is 0. The molecule has 0 unspecified atom stereocenters. The van der Waals surface area contributed by atoms with E-state index in [0.717, 1.165) is 38.0 Å². The third kappa shape index (κ3) is 11.9. The second-order valence-electron chi connectivity index (χ2n) is 9.44. The normalized spacial score (nSPS) is 12.8. The van der Waals surface area contributed by atoms with Crippen molar-refractivity contribution in [2.24, 2.45) is 17.3 Å². The third-order valence-electron chi connectivity index (χ3n) is 5.30. The molecule has 0 aliphatic heterocycles. The number of aliphatic carboxylic acids is 1. The summed E-state index contributed by atoms with van der Waals surface area (Å²) in [6.07, 6.45) is 5.80. The molecule has 0 heterocycles.